The number of nitrogens with zero attached hydrogens (tertiary/aromatic N) is 2. The van der Waals surface area contributed by atoms with E-state index < -0.39 is 4.92 Å². The molecule has 5 N–H and O–H groups in total. The lowest BCUT2D eigenvalue weighted by atomic mass is 10.2. The van der Waals surface area contributed by atoms with Crippen LogP contribution in [0.15, 0.2) is 30.3 Å². The van der Waals surface area contributed by atoms with Crippen molar-refractivity contribution >= 4 is 39.1 Å². The third-order valence-corrected chi connectivity index (χ3v) is 4.47. The first kappa shape index (κ1) is 16.6. The Morgan fingerprint density at radius 2 is 2.20 bits per heavy atom. The molecule has 0 aliphatic carbocycles. The summed E-state index contributed by atoms with van der Waals surface area (Å²) in [6.45, 7) is 0.291. The van der Waals surface area contributed by atoms with Gasteiger partial charge in [-0.1, -0.05) is 11.3 Å². The van der Waals surface area contributed by atoms with Crippen molar-refractivity contribution in [3.8, 4) is 10.7 Å². The van der Waals surface area contributed by atoms with Gasteiger partial charge in [0.05, 0.1) is 26.7 Å². The smallest absolute Gasteiger partial charge is 0.324 e. The van der Waals surface area contributed by atoms with Crippen LogP contribution in [0.1, 0.15) is 16.8 Å². The summed E-state index contributed by atoms with van der Waals surface area (Å²) < 4.78 is 0. The first-order valence-electron chi connectivity index (χ1n) is 7.29. The van der Waals surface area contributed by atoms with Gasteiger partial charge in [-0.15, -0.1) is 0 Å². The van der Waals surface area contributed by atoms with E-state index in [0.29, 0.717) is 40.3 Å². The summed E-state index contributed by atoms with van der Waals surface area (Å²) in [5.74, 6) is 0.257. The molecule has 0 radical (unpaired) electrons. The van der Waals surface area contributed by atoms with Gasteiger partial charge in [0.2, 0.25) is 0 Å². The normalized spacial score (nSPS) is 10.7. The van der Waals surface area contributed by atoms with Crippen LogP contribution in [-0.2, 0) is 0 Å². The second-order valence-corrected chi connectivity index (χ2v) is 6.31. The van der Waals surface area contributed by atoms with Crippen LogP contribution in [0.25, 0.3) is 21.7 Å². The minimum Gasteiger partial charge on any atom is -0.388 e. The number of carbonyl (C=O) groups excluding carboxylic acids is 1. The maximum Gasteiger partial charge on any atom is 0.324 e. The van der Waals surface area contributed by atoms with Crippen LogP contribution in [0.3, 0.4) is 0 Å². The van der Waals surface area contributed by atoms with E-state index in [4.69, 9.17) is 11.1 Å². The molecule has 3 aromatic rings. The van der Waals surface area contributed by atoms with Gasteiger partial charge < -0.3 is 16.0 Å². The summed E-state index contributed by atoms with van der Waals surface area (Å²) in [7, 11) is 0. The van der Waals surface area contributed by atoms with Gasteiger partial charge in [0, 0.05) is 24.6 Å². The monoisotopic (exact) mass is 358 g/mol. The van der Waals surface area contributed by atoms with Crippen LogP contribution in [0, 0.1) is 15.5 Å². The number of thiophene rings is 1. The summed E-state index contributed by atoms with van der Waals surface area (Å²) in [5.41, 5.74) is 7.01. The Morgan fingerprint density at radius 3 is 2.88 bits per heavy atom. The predicted molar refractivity (Wildman–Crippen MR) is 94.9 cm³/mol. The standard InChI is InChI=1S/C15H14N6O3S/c16-12(17)5-6-18-15(22)8-1-2-9-10(7-8)20-14(19-9)11-3-4-13(25-11)21(23)24/h1-4,7H,5-6H2,(H3,16,17)(H,18,22)(H,19,20). The van der Waals surface area contributed by atoms with E-state index in [2.05, 4.69) is 15.3 Å². The third-order valence-electron chi connectivity index (χ3n) is 3.43. The zero-order valence-electron chi connectivity index (χ0n) is 12.9. The number of hydrogen-bond donors (Lipinski definition) is 4. The predicted octanol–water partition coefficient (Wildman–Crippen LogP) is 2.26. The van der Waals surface area contributed by atoms with E-state index in [9.17, 15) is 14.9 Å². The molecule has 0 atom stereocenters. The first-order valence-corrected chi connectivity index (χ1v) is 8.11. The van der Waals surface area contributed by atoms with E-state index >= 15 is 0 Å². The quantitative estimate of drug-likeness (QED) is 0.230. The van der Waals surface area contributed by atoms with Crippen LogP contribution in [-0.4, -0.2) is 33.2 Å². The van der Waals surface area contributed by atoms with Crippen LogP contribution in [0.5, 0.6) is 0 Å². The van der Waals surface area contributed by atoms with E-state index in [1.807, 2.05) is 0 Å². The van der Waals surface area contributed by atoms with Gasteiger partial charge in [-0.25, -0.2) is 4.98 Å². The number of hydrogen-bond acceptors (Lipinski definition) is 6. The molecular formula is C15H14N6O3S. The average Bonchev–Trinajstić information content (AvgIpc) is 3.20. The summed E-state index contributed by atoms with van der Waals surface area (Å²) in [5, 5.41) is 20.6. The van der Waals surface area contributed by atoms with Crippen molar-refractivity contribution in [1.82, 2.24) is 15.3 Å². The number of carbonyl (C=O) groups is 1. The number of benzene rings is 1. The number of nitrogens with one attached hydrogen (secondary N) is 3. The molecule has 0 saturated carbocycles. The van der Waals surface area contributed by atoms with Crippen LogP contribution in [0.4, 0.5) is 5.00 Å². The molecule has 2 aromatic heterocycles. The van der Waals surface area contributed by atoms with E-state index in [0.717, 1.165) is 11.3 Å². The Labute approximate surface area is 145 Å². The fourth-order valence-electron chi connectivity index (χ4n) is 2.23. The minimum atomic E-state index is -0.444. The fraction of sp³-hybridized carbons (Fsp3) is 0.133. The molecule has 2 heterocycles. The van der Waals surface area contributed by atoms with Crippen LogP contribution in [0.2, 0.25) is 0 Å². The van der Waals surface area contributed by atoms with Gasteiger partial charge in [0.25, 0.3) is 5.91 Å². The molecule has 128 valence electrons. The van der Waals surface area contributed by atoms with Crippen molar-refractivity contribution in [3.63, 3.8) is 0 Å². The first-order chi connectivity index (χ1) is 11.9. The van der Waals surface area contributed by atoms with Gasteiger partial charge in [0.1, 0.15) is 5.82 Å². The Bertz CT molecular complexity index is 977. The molecule has 9 nitrogen and oxygen atoms in total. The molecule has 0 bridgehead atoms. The summed E-state index contributed by atoms with van der Waals surface area (Å²) >= 11 is 1.03. The molecule has 0 aliphatic rings. The number of nitro groups is 1. The fourth-order valence-corrected chi connectivity index (χ4v) is 3.00. The SMILES string of the molecule is N=C(N)CCNC(=O)c1ccc2nc(-c3ccc([N+](=O)[O-])s3)[nH]c2c1. The van der Waals surface area contributed by atoms with Crippen molar-refractivity contribution < 1.29 is 9.72 Å². The van der Waals surface area contributed by atoms with E-state index in [1.54, 1.807) is 24.3 Å². The molecule has 0 spiro atoms. The third kappa shape index (κ3) is 3.63. The summed E-state index contributed by atoms with van der Waals surface area (Å²) in [6.07, 6.45) is 0.291. The molecule has 1 amide bonds. The molecule has 25 heavy (non-hydrogen) atoms. The molecule has 0 aliphatic heterocycles. The number of H-pyrrole nitrogens is 1. The zero-order valence-corrected chi connectivity index (χ0v) is 13.7. The van der Waals surface area contributed by atoms with Crippen LogP contribution < -0.4 is 11.1 Å². The highest BCUT2D eigenvalue weighted by Gasteiger charge is 2.15. The number of rotatable bonds is 6. The zero-order chi connectivity index (χ0) is 18.0. The molecule has 10 heteroatoms. The lowest BCUT2D eigenvalue weighted by Gasteiger charge is -2.04. The highest BCUT2D eigenvalue weighted by Crippen LogP contribution is 2.32. The summed E-state index contributed by atoms with van der Waals surface area (Å²) in [4.78, 5) is 30.6. The van der Waals surface area contributed by atoms with Crippen LogP contribution >= 0.6 is 11.3 Å². The average molecular weight is 358 g/mol. The highest BCUT2D eigenvalue weighted by atomic mass is 32.1. The second-order valence-electron chi connectivity index (χ2n) is 5.24. The molecule has 3 rings (SSSR count). The topological polar surface area (TPSA) is 151 Å². The summed E-state index contributed by atoms with van der Waals surface area (Å²) in [6, 6.07) is 8.08. The molecule has 0 unspecified atom stereocenters. The Kier molecular flexibility index (Phi) is 4.44. The van der Waals surface area contributed by atoms with Crippen molar-refractivity contribution in [2.75, 3.05) is 6.54 Å². The van der Waals surface area contributed by atoms with Gasteiger partial charge >= 0.3 is 5.00 Å². The number of amides is 1. The number of aromatic nitrogens is 2. The molecule has 1 aromatic carbocycles. The second kappa shape index (κ2) is 6.69. The van der Waals surface area contributed by atoms with Gasteiger partial charge in [-0.05, 0) is 24.3 Å². The Hall–Kier alpha value is -3.27. The minimum absolute atomic E-state index is 0.0130. The van der Waals surface area contributed by atoms with Gasteiger partial charge in [-0.2, -0.15) is 0 Å². The largest absolute Gasteiger partial charge is 0.388 e. The number of nitrogens with two attached hydrogens (primary N) is 1. The van der Waals surface area contributed by atoms with Gasteiger partial charge in [-0.3, -0.25) is 20.3 Å². The van der Waals surface area contributed by atoms with E-state index in [-0.39, 0.29) is 16.7 Å². The number of fused-ring (bicyclic) bond motifs is 1. The van der Waals surface area contributed by atoms with Crippen molar-refractivity contribution in [3.05, 3.63) is 46.0 Å². The van der Waals surface area contributed by atoms with E-state index in [1.165, 1.54) is 6.07 Å². The number of imidazole rings is 1. The Morgan fingerprint density at radius 1 is 1.40 bits per heavy atom. The lowest BCUT2D eigenvalue weighted by Crippen LogP contribution is -2.27. The molecule has 0 fully saturated rings. The van der Waals surface area contributed by atoms with Gasteiger partial charge in [0.15, 0.2) is 0 Å². The van der Waals surface area contributed by atoms with Crippen molar-refractivity contribution in [2.45, 2.75) is 6.42 Å². The maximum atomic E-state index is 12.1. The number of amidine groups is 1. The maximum absolute atomic E-state index is 12.1. The molecule has 0 saturated heterocycles. The lowest BCUT2D eigenvalue weighted by molar-refractivity contribution is -0.380. The number of aromatic amines is 1. The Balaban J connectivity index is 1.82. The van der Waals surface area contributed by atoms with Crippen molar-refractivity contribution in [1.29, 1.82) is 5.41 Å². The van der Waals surface area contributed by atoms with Crippen molar-refractivity contribution in [2.24, 2.45) is 5.73 Å². The highest BCUT2D eigenvalue weighted by molar-refractivity contribution is 7.18. The molecular weight excluding hydrogens is 344 g/mol.